The van der Waals surface area contributed by atoms with E-state index in [1.54, 1.807) is 0 Å². The zero-order valence-electron chi connectivity index (χ0n) is 6.38. The predicted molar refractivity (Wildman–Crippen MR) is 38.7 cm³/mol. The summed E-state index contributed by atoms with van der Waals surface area (Å²) in [5.41, 5.74) is 10.1. The van der Waals surface area contributed by atoms with Crippen molar-refractivity contribution in [2.45, 2.75) is 32.5 Å². The van der Waals surface area contributed by atoms with Gasteiger partial charge in [-0.1, -0.05) is 19.8 Å². The Morgan fingerprint density at radius 2 is 2.00 bits per heavy atom. The van der Waals surface area contributed by atoms with Crippen LogP contribution in [0.5, 0.6) is 0 Å². The topological polar surface area (TPSA) is 70.5 Å². The van der Waals surface area contributed by atoms with E-state index < -0.39 is 6.35 Å². The Bertz CT molecular complexity index is 68.8. The molecule has 0 aliphatic heterocycles. The Hall–Kier alpha value is -0.160. The van der Waals surface area contributed by atoms with Crippen molar-refractivity contribution >= 4 is 0 Å². The van der Waals surface area contributed by atoms with E-state index in [-0.39, 0.29) is 0 Å². The van der Waals surface area contributed by atoms with Crippen molar-refractivity contribution in [3.63, 3.8) is 0 Å². The lowest BCUT2D eigenvalue weighted by Crippen LogP contribution is -2.33. The maximum atomic E-state index is 5.04. The molecule has 0 heterocycles. The van der Waals surface area contributed by atoms with Crippen LogP contribution in [0.2, 0.25) is 0 Å². The highest BCUT2D eigenvalue weighted by Gasteiger charge is 1.92. The van der Waals surface area contributed by atoms with Crippen LogP contribution in [-0.4, -0.2) is 13.0 Å². The third-order valence-electron chi connectivity index (χ3n) is 1.01. The average molecular weight is 148 g/mol. The monoisotopic (exact) mass is 148 g/mol. The van der Waals surface area contributed by atoms with E-state index in [2.05, 4.69) is 16.7 Å². The van der Waals surface area contributed by atoms with Gasteiger partial charge in [0.05, 0.1) is 6.61 Å². The summed E-state index contributed by atoms with van der Waals surface area (Å²) in [5, 5.41) is 0. The van der Waals surface area contributed by atoms with Gasteiger partial charge in [0.15, 0.2) is 6.35 Å². The van der Waals surface area contributed by atoms with Gasteiger partial charge in [-0.2, -0.15) is 0 Å². The Kier molecular flexibility index (Phi) is 6.84. The van der Waals surface area contributed by atoms with Gasteiger partial charge in [-0.05, 0) is 6.42 Å². The van der Waals surface area contributed by atoms with Crippen molar-refractivity contribution in [1.29, 1.82) is 0 Å². The molecular weight excluding hydrogens is 132 g/mol. The summed E-state index contributed by atoms with van der Waals surface area (Å²) < 4.78 is 0. The Labute approximate surface area is 61.4 Å². The lowest BCUT2D eigenvalue weighted by Gasteiger charge is -2.05. The normalized spacial score (nSPS) is 10.8. The third-order valence-corrected chi connectivity index (χ3v) is 1.01. The molecule has 0 saturated carbocycles. The summed E-state index contributed by atoms with van der Waals surface area (Å²) in [7, 11) is 0. The molecule has 4 nitrogen and oxygen atoms in total. The molecule has 0 amide bonds. The minimum absolute atomic E-state index is 0.568. The van der Waals surface area contributed by atoms with Crippen molar-refractivity contribution in [3.8, 4) is 0 Å². The summed E-state index contributed by atoms with van der Waals surface area (Å²) in [6.45, 7) is 2.69. The molecule has 0 aliphatic carbocycles. The summed E-state index contributed by atoms with van der Waals surface area (Å²) in [4.78, 5) is 9.09. The zero-order chi connectivity index (χ0) is 7.82. The van der Waals surface area contributed by atoms with Crippen LogP contribution in [0.1, 0.15) is 26.2 Å². The summed E-state index contributed by atoms with van der Waals surface area (Å²) in [6, 6.07) is 0. The van der Waals surface area contributed by atoms with Crippen molar-refractivity contribution in [3.05, 3.63) is 0 Å². The molecule has 0 radical (unpaired) electrons. The Balaban J connectivity index is 2.77. The minimum atomic E-state index is -0.818. The van der Waals surface area contributed by atoms with Gasteiger partial charge < -0.3 is 0 Å². The Morgan fingerprint density at radius 3 is 2.50 bits per heavy atom. The van der Waals surface area contributed by atoms with Gasteiger partial charge in [-0.15, -0.1) is 0 Å². The van der Waals surface area contributed by atoms with Crippen LogP contribution in [-0.2, 0) is 9.78 Å². The van der Waals surface area contributed by atoms with Crippen LogP contribution in [0.15, 0.2) is 0 Å². The van der Waals surface area contributed by atoms with Crippen LogP contribution in [0.25, 0.3) is 0 Å². The molecule has 0 spiro atoms. The maximum absolute atomic E-state index is 5.04. The van der Waals surface area contributed by atoms with Crippen molar-refractivity contribution in [1.82, 2.24) is 0 Å². The number of nitrogens with two attached hydrogens (primary N) is 2. The first-order chi connectivity index (χ1) is 4.77. The van der Waals surface area contributed by atoms with Gasteiger partial charge in [0.2, 0.25) is 0 Å². The SMILES string of the molecule is CCCCCOOC(N)N. The van der Waals surface area contributed by atoms with E-state index in [9.17, 15) is 0 Å². The van der Waals surface area contributed by atoms with Gasteiger partial charge in [-0.25, -0.2) is 9.78 Å². The number of hydrogen-bond donors (Lipinski definition) is 2. The second kappa shape index (κ2) is 6.95. The fourth-order valence-electron chi connectivity index (χ4n) is 0.538. The van der Waals surface area contributed by atoms with Crippen LogP contribution >= 0.6 is 0 Å². The van der Waals surface area contributed by atoms with E-state index >= 15 is 0 Å². The molecule has 62 valence electrons. The molecule has 4 heteroatoms. The van der Waals surface area contributed by atoms with E-state index in [0.29, 0.717) is 6.61 Å². The second-order valence-electron chi connectivity index (χ2n) is 2.09. The smallest absolute Gasteiger partial charge is 0.192 e. The number of rotatable bonds is 6. The van der Waals surface area contributed by atoms with E-state index in [1.807, 2.05) is 0 Å². The highest BCUT2D eigenvalue weighted by molar-refractivity contribution is 4.32. The molecule has 0 bridgehead atoms. The molecule has 0 fully saturated rings. The average Bonchev–Trinajstić information content (AvgIpc) is 1.87. The molecule has 0 saturated heterocycles. The standard InChI is InChI=1S/C6H16N2O2/c1-2-3-4-5-9-10-6(7)8/h6H,2-5,7-8H2,1H3. The molecule has 0 atom stereocenters. The van der Waals surface area contributed by atoms with E-state index in [1.165, 1.54) is 0 Å². The molecule has 0 aromatic heterocycles. The summed E-state index contributed by atoms with van der Waals surface area (Å²) >= 11 is 0. The molecule has 10 heavy (non-hydrogen) atoms. The summed E-state index contributed by atoms with van der Waals surface area (Å²) in [5.74, 6) is 0. The van der Waals surface area contributed by atoms with Crippen molar-refractivity contribution in [2.75, 3.05) is 6.61 Å². The molecule has 0 unspecified atom stereocenters. The maximum Gasteiger partial charge on any atom is 0.192 e. The number of unbranched alkanes of at least 4 members (excludes halogenated alkanes) is 2. The number of hydrogen-bond acceptors (Lipinski definition) is 4. The summed E-state index contributed by atoms with van der Waals surface area (Å²) in [6.07, 6.45) is 2.48. The first-order valence-corrected chi connectivity index (χ1v) is 3.56. The first-order valence-electron chi connectivity index (χ1n) is 3.56. The fourth-order valence-corrected chi connectivity index (χ4v) is 0.538. The van der Waals surface area contributed by atoms with Crippen LogP contribution in [0.4, 0.5) is 0 Å². The molecule has 0 rings (SSSR count). The molecule has 0 aromatic carbocycles. The van der Waals surface area contributed by atoms with Crippen LogP contribution < -0.4 is 11.5 Å². The van der Waals surface area contributed by atoms with E-state index in [4.69, 9.17) is 11.5 Å². The molecule has 0 aliphatic rings. The lowest BCUT2D eigenvalue weighted by molar-refractivity contribution is -0.322. The molecule has 4 N–H and O–H groups in total. The van der Waals surface area contributed by atoms with Crippen molar-refractivity contribution < 1.29 is 9.78 Å². The van der Waals surface area contributed by atoms with E-state index in [0.717, 1.165) is 19.3 Å². The van der Waals surface area contributed by atoms with Crippen LogP contribution in [0.3, 0.4) is 0 Å². The van der Waals surface area contributed by atoms with Gasteiger partial charge >= 0.3 is 0 Å². The quantitative estimate of drug-likeness (QED) is 0.246. The fraction of sp³-hybridized carbons (Fsp3) is 1.00. The third kappa shape index (κ3) is 7.84. The highest BCUT2D eigenvalue weighted by Crippen LogP contribution is 1.93. The largest absolute Gasteiger partial charge is 0.291 e. The minimum Gasteiger partial charge on any atom is -0.291 e. The van der Waals surface area contributed by atoms with Gasteiger partial charge in [0, 0.05) is 0 Å². The zero-order valence-corrected chi connectivity index (χ0v) is 6.38. The predicted octanol–water partition coefficient (Wildman–Crippen LogP) is 0.326. The van der Waals surface area contributed by atoms with Crippen molar-refractivity contribution in [2.24, 2.45) is 11.5 Å². The Morgan fingerprint density at radius 1 is 1.30 bits per heavy atom. The highest BCUT2D eigenvalue weighted by atomic mass is 17.2. The molecule has 0 aromatic rings. The molecular formula is C6H16N2O2. The van der Waals surface area contributed by atoms with Gasteiger partial charge in [-0.3, -0.25) is 11.5 Å². The van der Waals surface area contributed by atoms with Crippen LogP contribution in [0, 0.1) is 0 Å². The van der Waals surface area contributed by atoms with Gasteiger partial charge in [0.25, 0.3) is 0 Å². The lowest BCUT2D eigenvalue weighted by atomic mass is 10.3. The van der Waals surface area contributed by atoms with Gasteiger partial charge in [0.1, 0.15) is 0 Å². The first kappa shape index (κ1) is 9.84. The second-order valence-corrected chi connectivity index (χ2v) is 2.09.